The SMILES string of the molecule is NC(=O)c1cnc(C[SH](=O)=O)nc1. The number of hydrogen-bond acceptors (Lipinski definition) is 5. The fourth-order valence-corrected chi connectivity index (χ4v) is 1.07. The fourth-order valence-electron chi connectivity index (χ4n) is 0.679. The molecule has 0 fully saturated rings. The van der Waals surface area contributed by atoms with Crippen molar-refractivity contribution >= 4 is 16.6 Å². The Morgan fingerprint density at radius 1 is 1.38 bits per heavy atom. The minimum Gasteiger partial charge on any atom is -0.366 e. The minimum atomic E-state index is -2.54. The van der Waals surface area contributed by atoms with Crippen LogP contribution in [0.1, 0.15) is 16.2 Å². The Morgan fingerprint density at radius 3 is 2.31 bits per heavy atom. The van der Waals surface area contributed by atoms with Gasteiger partial charge >= 0.3 is 0 Å². The predicted molar refractivity (Wildman–Crippen MR) is 44.6 cm³/mol. The summed E-state index contributed by atoms with van der Waals surface area (Å²) in [4.78, 5) is 17.8. The lowest BCUT2D eigenvalue weighted by molar-refractivity contribution is 0.0999. The second-order valence-corrected chi connectivity index (χ2v) is 3.22. The second-order valence-electron chi connectivity index (χ2n) is 2.24. The Kier molecular flexibility index (Phi) is 2.91. The van der Waals surface area contributed by atoms with Crippen molar-refractivity contribution in [3.05, 3.63) is 23.8 Å². The van der Waals surface area contributed by atoms with E-state index in [4.69, 9.17) is 5.73 Å². The maximum Gasteiger partial charge on any atom is 0.251 e. The molecule has 0 radical (unpaired) electrons. The third kappa shape index (κ3) is 2.79. The lowest BCUT2D eigenvalue weighted by atomic mass is 10.3. The topological polar surface area (TPSA) is 103 Å². The van der Waals surface area contributed by atoms with Crippen molar-refractivity contribution in [1.82, 2.24) is 9.97 Å². The van der Waals surface area contributed by atoms with E-state index in [2.05, 4.69) is 9.97 Å². The van der Waals surface area contributed by atoms with Gasteiger partial charge in [-0.3, -0.25) is 4.79 Å². The van der Waals surface area contributed by atoms with Crippen LogP contribution in [0.5, 0.6) is 0 Å². The van der Waals surface area contributed by atoms with Crippen molar-refractivity contribution in [1.29, 1.82) is 0 Å². The summed E-state index contributed by atoms with van der Waals surface area (Å²) in [5.74, 6) is -0.715. The first-order valence-electron chi connectivity index (χ1n) is 3.32. The molecule has 13 heavy (non-hydrogen) atoms. The van der Waals surface area contributed by atoms with Gasteiger partial charge in [-0.05, 0) is 0 Å². The van der Waals surface area contributed by atoms with Gasteiger partial charge in [-0.2, -0.15) is 0 Å². The zero-order valence-electron chi connectivity index (χ0n) is 6.51. The Morgan fingerprint density at radius 2 is 1.92 bits per heavy atom. The van der Waals surface area contributed by atoms with Gasteiger partial charge in [0.05, 0.1) is 5.56 Å². The molecule has 0 saturated heterocycles. The van der Waals surface area contributed by atoms with E-state index < -0.39 is 16.6 Å². The number of carbonyl (C=O) groups excluding carboxylic acids is 1. The lowest BCUT2D eigenvalue weighted by Crippen LogP contribution is -2.12. The number of hydrogen-bond donors (Lipinski definition) is 2. The summed E-state index contributed by atoms with van der Waals surface area (Å²) in [5.41, 5.74) is 5.08. The van der Waals surface area contributed by atoms with Crippen molar-refractivity contribution in [2.45, 2.75) is 5.75 Å². The molecule has 1 rings (SSSR count). The third-order valence-corrected chi connectivity index (χ3v) is 1.80. The molecular formula is C6H7N3O3S. The molecule has 2 N–H and O–H groups in total. The number of carbonyl (C=O) groups is 1. The van der Waals surface area contributed by atoms with Gasteiger partial charge in [0.25, 0.3) is 5.91 Å². The number of rotatable bonds is 3. The van der Waals surface area contributed by atoms with Gasteiger partial charge in [0.2, 0.25) is 0 Å². The van der Waals surface area contributed by atoms with Gasteiger partial charge in [0.1, 0.15) is 22.3 Å². The van der Waals surface area contributed by atoms with Crippen LogP contribution in [0.4, 0.5) is 0 Å². The maximum absolute atomic E-state index is 10.6. The summed E-state index contributed by atoms with van der Waals surface area (Å²) in [7, 11) is -2.54. The smallest absolute Gasteiger partial charge is 0.251 e. The van der Waals surface area contributed by atoms with Gasteiger partial charge in [0.15, 0.2) is 0 Å². The summed E-state index contributed by atoms with van der Waals surface area (Å²) in [6.07, 6.45) is 2.40. The Hall–Kier alpha value is -1.50. The average molecular weight is 201 g/mol. The van der Waals surface area contributed by atoms with Crippen LogP contribution in [-0.4, -0.2) is 24.3 Å². The zero-order valence-corrected chi connectivity index (χ0v) is 7.40. The van der Waals surface area contributed by atoms with Gasteiger partial charge in [-0.25, -0.2) is 18.4 Å². The molecule has 1 aromatic heterocycles. The number of thiol groups is 1. The van der Waals surface area contributed by atoms with Crippen LogP contribution in [-0.2, 0) is 16.5 Å². The van der Waals surface area contributed by atoms with Crippen LogP contribution in [0.15, 0.2) is 12.4 Å². The van der Waals surface area contributed by atoms with E-state index in [1.165, 1.54) is 12.4 Å². The minimum absolute atomic E-state index is 0.154. The summed E-state index contributed by atoms with van der Waals surface area (Å²) < 4.78 is 20.5. The van der Waals surface area contributed by atoms with Gasteiger partial charge in [0, 0.05) is 12.4 Å². The van der Waals surface area contributed by atoms with E-state index in [1.807, 2.05) is 0 Å². The molecule has 0 spiro atoms. The van der Waals surface area contributed by atoms with Crippen molar-refractivity contribution in [3.8, 4) is 0 Å². The molecule has 1 heterocycles. The average Bonchev–Trinajstić information content (AvgIpc) is 2.04. The van der Waals surface area contributed by atoms with E-state index in [-0.39, 0.29) is 17.1 Å². The highest BCUT2D eigenvalue weighted by atomic mass is 32.2. The van der Waals surface area contributed by atoms with Crippen LogP contribution in [0, 0.1) is 0 Å². The molecule has 0 aliphatic carbocycles. The second kappa shape index (κ2) is 3.94. The summed E-state index contributed by atoms with van der Waals surface area (Å²) in [6, 6.07) is 0. The molecule has 0 bridgehead atoms. The molecule has 0 unspecified atom stereocenters. The molecule has 0 aliphatic heterocycles. The summed E-state index contributed by atoms with van der Waals surface area (Å²) >= 11 is 0. The lowest BCUT2D eigenvalue weighted by Gasteiger charge is -1.95. The highest BCUT2D eigenvalue weighted by Gasteiger charge is 2.02. The Bertz CT molecular complexity index is 377. The molecule has 70 valence electrons. The Balaban J connectivity index is 2.87. The van der Waals surface area contributed by atoms with Crippen molar-refractivity contribution in [2.75, 3.05) is 0 Å². The van der Waals surface area contributed by atoms with E-state index in [9.17, 15) is 13.2 Å². The normalized spacial score (nSPS) is 10.2. The van der Waals surface area contributed by atoms with E-state index >= 15 is 0 Å². The third-order valence-electron chi connectivity index (χ3n) is 1.26. The molecular weight excluding hydrogens is 194 g/mol. The number of nitrogens with zero attached hydrogens (tertiary/aromatic N) is 2. The van der Waals surface area contributed by atoms with Crippen molar-refractivity contribution in [3.63, 3.8) is 0 Å². The zero-order chi connectivity index (χ0) is 9.84. The van der Waals surface area contributed by atoms with Crippen molar-refractivity contribution < 1.29 is 13.2 Å². The molecule has 1 aromatic rings. The van der Waals surface area contributed by atoms with Crippen molar-refractivity contribution in [2.24, 2.45) is 5.73 Å². The van der Waals surface area contributed by atoms with Crippen LogP contribution in [0.2, 0.25) is 0 Å². The standard InChI is InChI=1S/C6H7N3O3S/c7-6(10)4-1-8-5(9-2-4)3-13(11)12/h1-2,13H,3H2,(H2,7,10). The Labute approximate surface area is 75.8 Å². The van der Waals surface area contributed by atoms with Crippen LogP contribution < -0.4 is 5.73 Å². The van der Waals surface area contributed by atoms with Gasteiger partial charge < -0.3 is 5.73 Å². The van der Waals surface area contributed by atoms with Gasteiger partial charge in [-0.15, -0.1) is 0 Å². The van der Waals surface area contributed by atoms with Gasteiger partial charge in [-0.1, -0.05) is 0 Å². The van der Waals surface area contributed by atoms with E-state index in [0.717, 1.165) is 0 Å². The first-order valence-corrected chi connectivity index (χ1v) is 4.68. The number of primary amides is 1. The molecule has 0 aromatic carbocycles. The molecule has 1 amide bonds. The molecule has 0 saturated carbocycles. The predicted octanol–water partition coefficient (Wildman–Crippen LogP) is -1.31. The van der Waals surface area contributed by atoms with E-state index in [0.29, 0.717) is 0 Å². The summed E-state index contributed by atoms with van der Waals surface area (Å²) in [6.45, 7) is 0. The van der Waals surface area contributed by atoms with E-state index in [1.54, 1.807) is 0 Å². The largest absolute Gasteiger partial charge is 0.366 e. The number of amides is 1. The first kappa shape index (κ1) is 9.59. The molecule has 6 nitrogen and oxygen atoms in total. The first-order chi connectivity index (χ1) is 6.09. The maximum atomic E-state index is 10.6. The monoisotopic (exact) mass is 201 g/mol. The molecule has 0 atom stereocenters. The fraction of sp³-hybridized carbons (Fsp3) is 0.167. The number of nitrogens with two attached hydrogens (primary N) is 1. The van der Waals surface area contributed by atoms with Crippen LogP contribution in [0.25, 0.3) is 0 Å². The summed E-state index contributed by atoms with van der Waals surface area (Å²) in [5, 5.41) is 0. The highest BCUT2D eigenvalue weighted by molar-refractivity contribution is 7.71. The molecule has 7 heteroatoms. The van der Waals surface area contributed by atoms with Crippen LogP contribution >= 0.6 is 0 Å². The van der Waals surface area contributed by atoms with Crippen LogP contribution in [0.3, 0.4) is 0 Å². The quantitative estimate of drug-likeness (QED) is 0.591. The highest BCUT2D eigenvalue weighted by Crippen LogP contribution is 1.95. The number of aromatic nitrogens is 2. The molecule has 0 aliphatic rings.